The predicted octanol–water partition coefficient (Wildman–Crippen LogP) is 2.26. The topological polar surface area (TPSA) is 99.7 Å². The molecule has 4 N–H and O–H groups in total. The lowest BCUT2D eigenvalue weighted by molar-refractivity contribution is -0.137. The maximum absolute atomic E-state index is 12.5. The van der Waals surface area contributed by atoms with Crippen molar-refractivity contribution in [1.82, 2.24) is 10.6 Å². The number of alkyl halides is 3. The van der Waals surface area contributed by atoms with E-state index >= 15 is 0 Å². The molecule has 7 nitrogen and oxygen atoms in total. The number of carbonyl (C=O) groups is 2. The molecule has 1 heterocycles. The smallest absolute Gasteiger partial charge is 0.394 e. The molecule has 1 fully saturated rings. The highest BCUT2D eigenvalue weighted by molar-refractivity contribution is 5.89. The Labute approximate surface area is 160 Å². The van der Waals surface area contributed by atoms with Crippen molar-refractivity contribution in [1.29, 1.82) is 0 Å². The summed E-state index contributed by atoms with van der Waals surface area (Å²) in [7, 11) is 0. The van der Waals surface area contributed by atoms with Gasteiger partial charge in [0.05, 0.1) is 24.3 Å². The van der Waals surface area contributed by atoms with Crippen molar-refractivity contribution >= 4 is 17.6 Å². The van der Waals surface area contributed by atoms with Gasteiger partial charge in [-0.2, -0.15) is 13.2 Å². The summed E-state index contributed by atoms with van der Waals surface area (Å²) < 4.78 is 43.3. The molecule has 0 bridgehead atoms. The van der Waals surface area contributed by atoms with Crippen molar-refractivity contribution in [3.63, 3.8) is 0 Å². The lowest BCUT2D eigenvalue weighted by atomic mass is 9.97. The van der Waals surface area contributed by atoms with Gasteiger partial charge in [-0.3, -0.25) is 4.79 Å². The van der Waals surface area contributed by atoms with Crippen LogP contribution in [0, 0.1) is 0 Å². The molecular formula is C18H24F3N3O4. The average molecular weight is 403 g/mol. The van der Waals surface area contributed by atoms with Gasteiger partial charge in [0, 0.05) is 19.2 Å². The van der Waals surface area contributed by atoms with Gasteiger partial charge in [-0.15, -0.1) is 0 Å². The van der Waals surface area contributed by atoms with Crippen molar-refractivity contribution in [2.24, 2.45) is 0 Å². The van der Waals surface area contributed by atoms with Crippen LogP contribution in [-0.2, 0) is 15.7 Å². The summed E-state index contributed by atoms with van der Waals surface area (Å²) >= 11 is 0. The van der Waals surface area contributed by atoms with Crippen molar-refractivity contribution in [3.05, 3.63) is 29.8 Å². The molecule has 0 spiro atoms. The number of ether oxygens (including phenoxy) is 1. The summed E-state index contributed by atoms with van der Waals surface area (Å²) in [5.74, 6) is -0.188. The van der Waals surface area contributed by atoms with E-state index in [1.165, 1.54) is 19.1 Å². The van der Waals surface area contributed by atoms with Gasteiger partial charge in [-0.1, -0.05) is 0 Å². The van der Waals surface area contributed by atoms with Crippen molar-refractivity contribution < 1.29 is 32.6 Å². The molecule has 1 aromatic carbocycles. The fourth-order valence-corrected chi connectivity index (χ4v) is 3.03. The molecule has 0 saturated carbocycles. The van der Waals surface area contributed by atoms with Crippen molar-refractivity contribution in [3.8, 4) is 0 Å². The number of aliphatic hydroxyl groups excluding tert-OH is 1. The quantitative estimate of drug-likeness (QED) is 0.586. The second kappa shape index (κ2) is 9.74. The highest BCUT2D eigenvalue weighted by atomic mass is 19.4. The number of anilines is 1. The number of urea groups is 1. The second-order valence-corrected chi connectivity index (χ2v) is 6.61. The van der Waals surface area contributed by atoms with Crippen LogP contribution < -0.4 is 16.0 Å². The summed E-state index contributed by atoms with van der Waals surface area (Å²) in [4.78, 5) is 23.0. The van der Waals surface area contributed by atoms with Crippen LogP contribution in [0.4, 0.5) is 23.7 Å². The van der Waals surface area contributed by atoms with Gasteiger partial charge in [0.15, 0.2) is 0 Å². The average Bonchev–Trinajstić information content (AvgIpc) is 2.62. The number of amides is 3. The number of hydrogen-bond acceptors (Lipinski definition) is 4. The first kappa shape index (κ1) is 22.0. The van der Waals surface area contributed by atoms with Crippen molar-refractivity contribution in [2.75, 3.05) is 18.5 Å². The molecule has 0 aliphatic carbocycles. The van der Waals surface area contributed by atoms with Crippen LogP contribution in [0.25, 0.3) is 0 Å². The number of nitrogens with one attached hydrogen (secondary N) is 3. The Morgan fingerprint density at radius 1 is 1.21 bits per heavy atom. The van der Waals surface area contributed by atoms with Gasteiger partial charge in [0.2, 0.25) is 5.91 Å². The van der Waals surface area contributed by atoms with Gasteiger partial charge < -0.3 is 25.8 Å². The minimum absolute atomic E-state index is 0.173. The van der Waals surface area contributed by atoms with Crippen LogP contribution in [0.3, 0.4) is 0 Å². The Kier molecular flexibility index (Phi) is 7.64. The van der Waals surface area contributed by atoms with Gasteiger partial charge in [0.25, 0.3) is 0 Å². The van der Waals surface area contributed by atoms with Crippen LogP contribution >= 0.6 is 0 Å². The minimum Gasteiger partial charge on any atom is -0.394 e. The fraction of sp³-hybridized carbons (Fsp3) is 0.556. The maximum Gasteiger partial charge on any atom is 0.416 e. The molecule has 3 amide bonds. The highest BCUT2D eigenvalue weighted by Gasteiger charge is 2.31. The number of hydrogen-bond donors (Lipinski definition) is 4. The molecule has 1 saturated heterocycles. The van der Waals surface area contributed by atoms with E-state index in [-0.39, 0.29) is 30.3 Å². The maximum atomic E-state index is 12.5. The van der Waals surface area contributed by atoms with E-state index in [2.05, 4.69) is 16.0 Å². The summed E-state index contributed by atoms with van der Waals surface area (Å²) in [6.45, 7) is 1.48. The van der Waals surface area contributed by atoms with Gasteiger partial charge >= 0.3 is 12.2 Å². The largest absolute Gasteiger partial charge is 0.416 e. The van der Waals surface area contributed by atoms with E-state index in [0.717, 1.165) is 12.1 Å². The molecule has 0 radical (unpaired) electrons. The van der Waals surface area contributed by atoms with E-state index in [1.807, 2.05) is 0 Å². The van der Waals surface area contributed by atoms with E-state index < -0.39 is 23.9 Å². The highest BCUT2D eigenvalue weighted by Crippen LogP contribution is 2.29. The van der Waals surface area contributed by atoms with Gasteiger partial charge in [0.1, 0.15) is 6.10 Å². The third-order valence-corrected chi connectivity index (χ3v) is 4.41. The monoisotopic (exact) mass is 403 g/mol. The zero-order valence-corrected chi connectivity index (χ0v) is 15.4. The molecule has 0 unspecified atom stereocenters. The third-order valence-electron chi connectivity index (χ3n) is 4.41. The normalized spacial score (nSPS) is 22.4. The lowest BCUT2D eigenvalue weighted by Gasteiger charge is -2.36. The van der Waals surface area contributed by atoms with Crippen LogP contribution in [0.2, 0.25) is 0 Å². The van der Waals surface area contributed by atoms with E-state index in [0.29, 0.717) is 25.8 Å². The Hall–Kier alpha value is -2.33. The number of halogens is 3. The summed E-state index contributed by atoms with van der Waals surface area (Å²) in [6.07, 6.45) is -3.26. The molecule has 0 aromatic heterocycles. The first-order chi connectivity index (χ1) is 13.2. The van der Waals surface area contributed by atoms with E-state index in [4.69, 9.17) is 4.74 Å². The predicted molar refractivity (Wildman–Crippen MR) is 95.7 cm³/mol. The number of benzene rings is 1. The Bertz CT molecular complexity index is 667. The van der Waals surface area contributed by atoms with Crippen LogP contribution in [0.5, 0.6) is 0 Å². The molecule has 28 heavy (non-hydrogen) atoms. The van der Waals surface area contributed by atoms with Crippen LogP contribution in [0.1, 0.15) is 31.7 Å². The van der Waals surface area contributed by atoms with Gasteiger partial charge in [-0.25, -0.2) is 4.79 Å². The molecule has 156 valence electrons. The first-order valence-corrected chi connectivity index (χ1v) is 8.94. The molecule has 1 aliphatic rings. The summed E-state index contributed by atoms with van der Waals surface area (Å²) in [5.41, 5.74) is -0.540. The summed E-state index contributed by atoms with van der Waals surface area (Å²) in [5, 5.41) is 17.2. The van der Waals surface area contributed by atoms with Crippen molar-refractivity contribution in [2.45, 2.75) is 50.6 Å². The summed E-state index contributed by atoms with van der Waals surface area (Å²) in [6, 6.07) is 3.37. The fourth-order valence-electron chi connectivity index (χ4n) is 3.03. The molecular weight excluding hydrogens is 379 g/mol. The van der Waals surface area contributed by atoms with Gasteiger partial charge in [-0.05, 0) is 43.5 Å². The third kappa shape index (κ3) is 6.68. The van der Waals surface area contributed by atoms with Crippen LogP contribution in [-0.4, -0.2) is 48.4 Å². The van der Waals surface area contributed by atoms with Crippen LogP contribution in [0.15, 0.2) is 24.3 Å². The van der Waals surface area contributed by atoms with E-state index in [1.54, 1.807) is 0 Å². The van der Waals surface area contributed by atoms with E-state index in [9.17, 15) is 27.9 Å². The Morgan fingerprint density at radius 2 is 1.89 bits per heavy atom. The zero-order valence-electron chi connectivity index (χ0n) is 15.4. The molecule has 1 aromatic rings. The number of rotatable bonds is 6. The lowest BCUT2D eigenvalue weighted by Crippen LogP contribution is -2.50. The second-order valence-electron chi connectivity index (χ2n) is 6.61. The zero-order chi connectivity index (χ0) is 20.7. The SMILES string of the molecule is CC(=O)N[C@H]1CC[C@@H](CCNC(=O)Nc2ccc(C(F)(F)F)cc2)O[C@H]1CO. The minimum atomic E-state index is -4.42. The molecule has 10 heteroatoms. The molecule has 1 aliphatic heterocycles. The number of carbonyl (C=O) groups excluding carboxylic acids is 2. The molecule has 2 rings (SSSR count). The Balaban J connectivity index is 1.73. The molecule has 3 atom stereocenters. The number of aliphatic hydroxyl groups is 1. The first-order valence-electron chi connectivity index (χ1n) is 8.94. The standard InChI is InChI=1S/C18H24F3N3O4/c1-11(26)23-15-7-6-14(28-16(15)10-25)8-9-22-17(27)24-13-4-2-12(3-5-13)18(19,20)21/h2-5,14-16,25H,6-10H2,1H3,(H,23,26)(H2,22,24,27)/t14-,15-,16-/m0/s1. The Morgan fingerprint density at radius 3 is 2.46 bits per heavy atom.